The average Bonchev–Trinajstić information content (AvgIpc) is 2.84. The van der Waals surface area contributed by atoms with Gasteiger partial charge in [0.2, 0.25) is 5.60 Å². The molecule has 0 aromatic heterocycles. The van der Waals surface area contributed by atoms with E-state index in [2.05, 4.69) is 6.58 Å². The topological polar surface area (TPSA) is 46.5 Å². The first-order valence-electron chi connectivity index (χ1n) is 6.42. The zero-order valence-electron chi connectivity index (χ0n) is 11.2. The first-order valence-corrected chi connectivity index (χ1v) is 6.42. The molecule has 4 unspecified atom stereocenters. The molecule has 21 heavy (non-hydrogen) atoms. The van der Waals surface area contributed by atoms with Crippen LogP contribution in [0.2, 0.25) is 0 Å². The lowest BCUT2D eigenvalue weighted by molar-refractivity contribution is -0.351. The summed E-state index contributed by atoms with van der Waals surface area (Å²) in [4.78, 5) is 11.2. The van der Waals surface area contributed by atoms with Crippen LogP contribution in [-0.2, 0) is 9.53 Å². The van der Waals surface area contributed by atoms with E-state index in [9.17, 15) is 31.9 Å². The van der Waals surface area contributed by atoms with Crippen molar-refractivity contribution in [3.05, 3.63) is 12.2 Å². The van der Waals surface area contributed by atoms with E-state index in [-0.39, 0.29) is 12.0 Å². The van der Waals surface area contributed by atoms with Crippen LogP contribution < -0.4 is 0 Å². The average molecular weight is 314 g/mol. The van der Waals surface area contributed by atoms with Gasteiger partial charge in [0, 0.05) is 23.3 Å². The van der Waals surface area contributed by atoms with E-state index in [0.717, 1.165) is 0 Å². The smallest absolute Gasteiger partial charge is 0.423 e. The summed E-state index contributed by atoms with van der Waals surface area (Å²) in [5.41, 5.74) is -3.91. The molecule has 0 aromatic carbocycles. The standard InChI is InChI=1S/C13H15F5O3/c1-6(2)10(19)21-5-7-3-8-4-9(7)12(14,15)11(8,20)13(16,17)18/h7-9,20H,1,3-5H2,2H3. The van der Waals surface area contributed by atoms with Gasteiger partial charge in [-0.05, 0) is 19.8 Å². The van der Waals surface area contributed by atoms with Gasteiger partial charge in [0.1, 0.15) is 0 Å². The Morgan fingerprint density at radius 1 is 1.38 bits per heavy atom. The summed E-state index contributed by atoms with van der Waals surface area (Å²) in [7, 11) is 0. The lowest BCUT2D eigenvalue weighted by Gasteiger charge is -2.42. The van der Waals surface area contributed by atoms with E-state index in [0.29, 0.717) is 0 Å². The Morgan fingerprint density at radius 2 is 1.95 bits per heavy atom. The summed E-state index contributed by atoms with van der Waals surface area (Å²) in [6.07, 6.45) is -6.08. The normalized spacial score (nSPS) is 37.6. The lowest BCUT2D eigenvalue weighted by atomic mass is 9.75. The summed E-state index contributed by atoms with van der Waals surface area (Å²) in [5.74, 6) is -9.17. The SMILES string of the molecule is C=C(C)C(=O)OCC1CC2CC1C(F)(F)C2(O)C(F)(F)F. The summed E-state index contributed by atoms with van der Waals surface area (Å²) >= 11 is 0. The summed E-state index contributed by atoms with van der Waals surface area (Å²) in [5, 5.41) is 9.53. The van der Waals surface area contributed by atoms with Crippen LogP contribution in [0.4, 0.5) is 22.0 Å². The molecule has 2 aliphatic rings. The van der Waals surface area contributed by atoms with Crippen molar-refractivity contribution < 1.29 is 36.6 Å². The van der Waals surface area contributed by atoms with Crippen LogP contribution in [0, 0.1) is 17.8 Å². The molecule has 0 spiro atoms. The number of fused-ring (bicyclic) bond motifs is 2. The number of esters is 1. The van der Waals surface area contributed by atoms with Crippen LogP contribution in [0.3, 0.4) is 0 Å². The highest BCUT2D eigenvalue weighted by molar-refractivity contribution is 5.86. The maximum absolute atomic E-state index is 14.0. The minimum atomic E-state index is -5.39. The first kappa shape index (κ1) is 16.2. The predicted octanol–water partition coefficient (Wildman–Crippen LogP) is 2.69. The second kappa shape index (κ2) is 4.66. The zero-order valence-corrected chi connectivity index (χ0v) is 11.2. The monoisotopic (exact) mass is 314 g/mol. The molecular weight excluding hydrogens is 299 g/mol. The summed E-state index contributed by atoms with van der Waals surface area (Å²) < 4.78 is 71.2. The highest BCUT2D eigenvalue weighted by Crippen LogP contribution is 2.66. The van der Waals surface area contributed by atoms with Gasteiger partial charge in [-0.2, -0.15) is 13.2 Å². The van der Waals surface area contributed by atoms with Crippen molar-refractivity contribution in [2.45, 2.75) is 37.5 Å². The van der Waals surface area contributed by atoms with Crippen LogP contribution in [0.25, 0.3) is 0 Å². The minimum Gasteiger partial charge on any atom is -0.462 e. The largest absolute Gasteiger partial charge is 0.462 e. The highest BCUT2D eigenvalue weighted by Gasteiger charge is 2.81. The van der Waals surface area contributed by atoms with Crippen LogP contribution in [-0.4, -0.2) is 35.4 Å². The fraction of sp³-hybridized carbons (Fsp3) is 0.769. The molecule has 2 aliphatic carbocycles. The number of carbonyl (C=O) groups excluding carboxylic acids is 1. The zero-order chi connectivity index (χ0) is 16.2. The van der Waals surface area contributed by atoms with Gasteiger partial charge in [0.25, 0.3) is 5.92 Å². The number of rotatable bonds is 3. The van der Waals surface area contributed by atoms with Crippen molar-refractivity contribution in [3.8, 4) is 0 Å². The molecule has 120 valence electrons. The van der Waals surface area contributed by atoms with Gasteiger partial charge < -0.3 is 9.84 Å². The third-order valence-corrected chi connectivity index (χ3v) is 4.47. The molecule has 8 heteroatoms. The van der Waals surface area contributed by atoms with Crippen LogP contribution in [0.1, 0.15) is 19.8 Å². The van der Waals surface area contributed by atoms with Gasteiger partial charge >= 0.3 is 12.1 Å². The number of halogens is 5. The molecule has 0 heterocycles. The molecule has 2 bridgehead atoms. The van der Waals surface area contributed by atoms with Crippen molar-refractivity contribution in [2.24, 2.45) is 17.8 Å². The highest BCUT2D eigenvalue weighted by atomic mass is 19.4. The number of carbonyl (C=O) groups is 1. The molecule has 0 amide bonds. The van der Waals surface area contributed by atoms with Crippen molar-refractivity contribution in [3.63, 3.8) is 0 Å². The fourth-order valence-electron chi connectivity index (χ4n) is 3.38. The second-order valence-corrected chi connectivity index (χ2v) is 5.80. The van der Waals surface area contributed by atoms with Crippen molar-refractivity contribution >= 4 is 5.97 Å². The van der Waals surface area contributed by atoms with E-state index in [1.165, 1.54) is 6.92 Å². The Labute approximate surface area is 117 Å². The van der Waals surface area contributed by atoms with E-state index < -0.39 is 54.5 Å². The molecule has 2 saturated carbocycles. The van der Waals surface area contributed by atoms with Crippen LogP contribution in [0.5, 0.6) is 0 Å². The number of alkyl halides is 5. The third-order valence-electron chi connectivity index (χ3n) is 4.47. The van der Waals surface area contributed by atoms with Crippen LogP contribution in [0.15, 0.2) is 12.2 Å². The third kappa shape index (κ3) is 2.15. The Kier molecular flexibility index (Phi) is 3.59. The molecular formula is C13H15F5O3. The Bertz CT molecular complexity index is 473. The van der Waals surface area contributed by atoms with Crippen molar-refractivity contribution in [2.75, 3.05) is 6.61 Å². The van der Waals surface area contributed by atoms with Gasteiger partial charge in [0.05, 0.1) is 6.61 Å². The predicted molar refractivity (Wildman–Crippen MR) is 61.4 cm³/mol. The van der Waals surface area contributed by atoms with E-state index in [4.69, 9.17) is 4.74 Å². The number of hydrogen-bond donors (Lipinski definition) is 1. The van der Waals surface area contributed by atoms with Gasteiger partial charge in [-0.25, -0.2) is 13.6 Å². The summed E-state index contributed by atoms with van der Waals surface area (Å²) in [6.45, 7) is 4.30. The molecule has 2 fully saturated rings. The van der Waals surface area contributed by atoms with Gasteiger partial charge in [-0.3, -0.25) is 0 Å². The second-order valence-electron chi connectivity index (χ2n) is 5.80. The van der Waals surface area contributed by atoms with E-state index >= 15 is 0 Å². The number of ether oxygens (including phenoxy) is 1. The molecule has 3 nitrogen and oxygen atoms in total. The van der Waals surface area contributed by atoms with E-state index in [1.807, 2.05) is 0 Å². The number of aliphatic hydroxyl groups is 1. The summed E-state index contributed by atoms with van der Waals surface area (Å²) in [6, 6.07) is 0. The van der Waals surface area contributed by atoms with Crippen molar-refractivity contribution in [1.82, 2.24) is 0 Å². The Morgan fingerprint density at radius 3 is 2.38 bits per heavy atom. The maximum Gasteiger partial charge on any atom is 0.423 e. The number of hydrogen-bond acceptors (Lipinski definition) is 3. The van der Waals surface area contributed by atoms with Gasteiger partial charge in [0.15, 0.2) is 0 Å². The minimum absolute atomic E-state index is 0.0803. The van der Waals surface area contributed by atoms with Crippen molar-refractivity contribution in [1.29, 1.82) is 0 Å². The maximum atomic E-state index is 14.0. The molecule has 1 N–H and O–H groups in total. The van der Waals surface area contributed by atoms with E-state index in [1.54, 1.807) is 0 Å². The van der Waals surface area contributed by atoms with Gasteiger partial charge in [-0.1, -0.05) is 6.58 Å². The lowest BCUT2D eigenvalue weighted by Crippen LogP contribution is -2.63. The fourth-order valence-corrected chi connectivity index (χ4v) is 3.38. The molecule has 0 radical (unpaired) electrons. The Hall–Kier alpha value is -1.18. The first-order chi connectivity index (χ1) is 9.43. The quantitative estimate of drug-likeness (QED) is 0.495. The molecule has 0 aromatic rings. The molecule has 0 saturated heterocycles. The van der Waals surface area contributed by atoms with Crippen LogP contribution >= 0.6 is 0 Å². The molecule has 0 aliphatic heterocycles. The molecule has 4 atom stereocenters. The molecule has 2 rings (SSSR count). The van der Waals surface area contributed by atoms with Gasteiger partial charge in [-0.15, -0.1) is 0 Å². The Balaban J connectivity index is 2.13.